The van der Waals surface area contributed by atoms with E-state index in [0.717, 1.165) is 53.2 Å². The van der Waals surface area contributed by atoms with Crippen molar-refractivity contribution in [2.24, 2.45) is 0 Å². The second-order valence-electron chi connectivity index (χ2n) is 26.1. The van der Waals surface area contributed by atoms with Crippen LogP contribution in [0.2, 0.25) is 0 Å². The molecule has 0 unspecified atom stereocenters. The average Bonchev–Trinajstić information content (AvgIpc) is 0.740. The van der Waals surface area contributed by atoms with Gasteiger partial charge >= 0.3 is 30.1 Å². The van der Waals surface area contributed by atoms with E-state index in [-0.39, 0.29) is 50.5 Å². The predicted octanol–water partition coefficient (Wildman–Crippen LogP) is 22.4. The summed E-state index contributed by atoms with van der Waals surface area (Å²) in [5, 5.41) is 5.76. The van der Waals surface area contributed by atoms with E-state index in [4.69, 9.17) is 35.3 Å². The zero-order valence-corrected chi connectivity index (χ0v) is 68.6. The molecule has 0 spiro atoms. The first-order chi connectivity index (χ1) is 52.7. The minimum absolute atomic E-state index is 0. The number of hydrogen-bond acceptors (Lipinski definition) is 14. The van der Waals surface area contributed by atoms with E-state index in [1.165, 1.54) is 11.1 Å². The van der Waals surface area contributed by atoms with Gasteiger partial charge in [-0.05, 0) is 202 Å². The highest BCUT2D eigenvalue weighted by Crippen LogP contribution is 2.34. The lowest BCUT2D eigenvalue weighted by Gasteiger charge is -2.37. The summed E-state index contributed by atoms with van der Waals surface area (Å²) in [7, 11) is -5.09. The van der Waals surface area contributed by atoms with E-state index >= 15 is 0 Å². The number of halogens is 10. The Morgan fingerprint density at radius 2 is 0.830 bits per heavy atom. The molecular weight excluding hydrogens is 1760 g/mol. The number of ether oxygens (including phenoxy) is 5. The van der Waals surface area contributed by atoms with Gasteiger partial charge in [-0.1, -0.05) is 199 Å². The SMILES string of the molecule is BrCc1ccc(Br)cc1.C.CC(C)(C)OC(=O)N(Cc1ccc(Br)cc1)c1ccc(C(=O)OCc2ccccc2)cc1.CC(C)(C)OC(=O)Nc1ccc(C(=O)OCc2ccccc2)cc1.O=C(Cl)[C@H]1CCN1S(=O)(=O)c1c(F)c(F)c(F)c(F)c1F.O=C(OCc1ccccc1)c1ccc(NCc2ccc(Br)cc2)cc1. The van der Waals surface area contributed by atoms with Crippen LogP contribution >= 0.6 is 75.3 Å². The van der Waals surface area contributed by atoms with Gasteiger partial charge in [0.25, 0.3) is 0 Å². The molecule has 0 radical (unpaired) electrons. The maximum absolute atomic E-state index is 13.5. The van der Waals surface area contributed by atoms with Gasteiger partial charge in [-0.2, -0.15) is 4.31 Å². The Morgan fingerprint density at radius 1 is 0.473 bits per heavy atom. The highest BCUT2D eigenvalue weighted by Gasteiger charge is 2.46. The van der Waals surface area contributed by atoms with Crippen molar-refractivity contribution in [2.45, 2.75) is 116 Å². The van der Waals surface area contributed by atoms with Crippen LogP contribution in [0.15, 0.2) is 255 Å². The molecule has 1 aliphatic rings. The summed E-state index contributed by atoms with van der Waals surface area (Å²) in [6, 6.07) is 71.9. The van der Waals surface area contributed by atoms with Crippen molar-refractivity contribution in [3.63, 3.8) is 0 Å². The first kappa shape index (κ1) is 91.3. The number of amides is 2. The van der Waals surface area contributed by atoms with Crippen molar-refractivity contribution >= 4 is 138 Å². The smallest absolute Gasteiger partial charge is 0.415 e. The molecule has 1 fully saturated rings. The molecule has 0 saturated carbocycles. The molecule has 1 heterocycles. The zero-order chi connectivity index (χ0) is 81.0. The lowest BCUT2D eigenvalue weighted by atomic mass is 10.1. The fourth-order valence-electron chi connectivity index (χ4n) is 9.57. The number of nitrogens with one attached hydrogen (secondary N) is 2. The molecule has 2 amide bonds. The van der Waals surface area contributed by atoms with Crippen LogP contribution in [0, 0.1) is 29.1 Å². The first-order valence-electron chi connectivity index (χ1n) is 33.9. The van der Waals surface area contributed by atoms with E-state index in [9.17, 15) is 59.1 Å². The van der Waals surface area contributed by atoms with Gasteiger partial charge in [-0.3, -0.25) is 15.0 Å². The standard InChI is InChI=1S/C26H26BrNO4.C21H18BrNO2.C19H21NO4.C10H5ClF5NO3S.C7H6Br2.CH4/c1-26(2,3)32-25(30)28(17-19-9-13-22(27)14-10-19)23-15-11-21(12-16-23)24(29)31-18-20-7-5-4-6-8-20;22-19-10-6-16(7-11-19)14-23-20-12-8-18(9-13-20)21(24)25-15-17-4-2-1-3-5-17;1-19(2,3)24-18(22)20-16-11-9-15(10-12-16)17(21)23-13-14-7-5-4-6-8-14;11-10(18)3-1-2-17(3)21(19,20)9-7(15)5(13)4(12)6(14)8(9)16;8-5-6-1-3-7(9)4-2-6;/h4-16H,17-18H2,1-3H3;1-13,23H,14-15H2;4-12H,13H2,1-3H3,(H,20,22);3H,1-2H2;1-4H,5H2;1H4/t;;;3-;;/m...1../s1. The molecule has 590 valence electrons. The van der Waals surface area contributed by atoms with Crippen molar-refractivity contribution in [3.05, 3.63) is 329 Å². The van der Waals surface area contributed by atoms with Crippen molar-refractivity contribution in [1.29, 1.82) is 0 Å². The third-order valence-corrected chi connectivity index (χ3v) is 19.7. The van der Waals surface area contributed by atoms with Crippen LogP contribution in [-0.2, 0) is 76.7 Å². The topological polar surface area (TPSA) is 213 Å². The monoisotopic (exact) mass is 1830 g/mol. The van der Waals surface area contributed by atoms with E-state index in [1.54, 1.807) is 86.3 Å². The molecule has 11 rings (SSSR count). The summed E-state index contributed by atoms with van der Waals surface area (Å²) in [5.41, 5.74) is 8.58. The third kappa shape index (κ3) is 29.5. The Bertz CT molecular complexity index is 4820. The number of sulfonamides is 1. The largest absolute Gasteiger partial charge is 0.457 e. The van der Waals surface area contributed by atoms with E-state index in [2.05, 4.69) is 98.6 Å². The number of carbonyl (C=O) groups excluding carboxylic acids is 6. The highest BCUT2D eigenvalue weighted by atomic mass is 79.9. The van der Waals surface area contributed by atoms with Gasteiger partial charge in [0.1, 0.15) is 37.1 Å². The fraction of sp³-hybridized carbons (Fsp3) is 0.214. The molecule has 2 N–H and O–H groups in total. The lowest BCUT2D eigenvalue weighted by Crippen LogP contribution is -2.54. The summed E-state index contributed by atoms with van der Waals surface area (Å²) in [4.78, 5) is 71.6. The number of carbonyl (C=O) groups is 6. The van der Waals surface area contributed by atoms with Gasteiger partial charge in [-0.15, -0.1) is 0 Å². The number of rotatable bonds is 20. The minimum Gasteiger partial charge on any atom is -0.457 e. The molecule has 1 atom stereocenters. The summed E-state index contributed by atoms with van der Waals surface area (Å²) in [6.07, 6.45) is -1.02. The number of benzene rings is 10. The molecule has 1 aliphatic heterocycles. The Morgan fingerprint density at radius 3 is 1.19 bits per heavy atom. The number of hydrogen-bond donors (Lipinski definition) is 2. The van der Waals surface area contributed by atoms with Gasteiger partial charge in [0.2, 0.25) is 21.1 Å². The molecule has 10 aromatic carbocycles. The Kier molecular flexibility index (Phi) is 35.9. The average molecular weight is 1840 g/mol. The van der Waals surface area contributed by atoms with Crippen LogP contribution in [0.4, 0.5) is 48.6 Å². The molecule has 10 aromatic rings. The molecular formula is C84H80Br4ClF5N4O13S. The number of nitrogens with zero attached hydrogens (tertiary/aromatic N) is 2. The normalized spacial score (nSPS) is 12.2. The van der Waals surface area contributed by atoms with Gasteiger partial charge in [0.15, 0.2) is 28.2 Å². The van der Waals surface area contributed by atoms with Crippen LogP contribution in [0.5, 0.6) is 0 Å². The molecule has 17 nitrogen and oxygen atoms in total. The van der Waals surface area contributed by atoms with Crippen molar-refractivity contribution < 1.29 is 82.8 Å². The molecule has 0 bridgehead atoms. The lowest BCUT2D eigenvalue weighted by molar-refractivity contribution is -0.117. The van der Waals surface area contributed by atoms with Gasteiger partial charge in [0.05, 0.1) is 23.2 Å². The zero-order valence-electron chi connectivity index (χ0n) is 60.6. The maximum atomic E-state index is 13.5. The highest BCUT2D eigenvalue weighted by molar-refractivity contribution is 9.11. The van der Waals surface area contributed by atoms with Gasteiger partial charge in [-0.25, -0.2) is 54.3 Å². The predicted molar refractivity (Wildman–Crippen MR) is 437 cm³/mol. The van der Waals surface area contributed by atoms with E-state index in [1.807, 2.05) is 172 Å². The molecule has 112 heavy (non-hydrogen) atoms. The minimum atomic E-state index is -5.09. The van der Waals surface area contributed by atoms with Crippen molar-refractivity contribution in [2.75, 3.05) is 22.1 Å². The molecule has 1 saturated heterocycles. The summed E-state index contributed by atoms with van der Waals surface area (Å²) in [6.45, 7) is 12.3. The molecule has 0 aromatic heterocycles. The molecule has 0 aliphatic carbocycles. The van der Waals surface area contributed by atoms with Crippen LogP contribution < -0.4 is 15.5 Å². The quantitative estimate of drug-likeness (QED) is 0.0138. The van der Waals surface area contributed by atoms with Crippen LogP contribution in [0.25, 0.3) is 0 Å². The van der Waals surface area contributed by atoms with Gasteiger partial charge < -0.3 is 29.0 Å². The molecule has 28 heteroatoms. The summed E-state index contributed by atoms with van der Waals surface area (Å²) < 4.78 is 120. The van der Waals surface area contributed by atoms with Crippen LogP contribution in [-0.4, -0.2) is 71.8 Å². The van der Waals surface area contributed by atoms with Gasteiger partial charge in [0, 0.05) is 48.9 Å². The Hall–Kier alpha value is -9.61. The van der Waals surface area contributed by atoms with Crippen molar-refractivity contribution in [3.8, 4) is 0 Å². The van der Waals surface area contributed by atoms with Crippen LogP contribution in [0.3, 0.4) is 0 Å². The number of alkyl halides is 1. The Balaban J connectivity index is 0.000000225. The van der Waals surface area contributed by atoms with E-state index in [0.29, 0.717) is 34.6 Å². The number of anilines is 3. The number of esters is 3. The summed E-state index contributed by atoms with van der Waals surface area (Å²) in [5.74, 6) is -13.4. The van der Waals surface area contributed by atoms with Crippen LogP contribution in [0.1, 0.15) is 120 Å². The first-order valence-corrected chi connectivity index (χ1v) is 39.2. The Labute approximate surface area is 686 Å². The second-order valence-corrected chi connectivity index (χ2v) is 31.6. The third-order valence-electron chi connectivity index (χ3n) is 15.3. The second kappa shape index (κ2) is 44.0. The fourth-order valence-corrected chi connectivity index (χ4v) is 12.8. The summed E-state index contributed by atoms with van der Waals surface area (Å²) >= 11 is 18.7. The maximum Gasteiger partial charge on any atom is 0.415 e. The van der Waals surface area contributed by atoms with Crippen molar-refractivity contribution in [1.82, 2.24) is 4.31 Å². The van der Waals surface area contributed by atoms with E-state index < -0.39 is 90.6 Å².